The number of nitrogens with one attached hydrogen (secondary N) is 1. The second-order valence-corrected chi connectivity index (χ2v) is 8.00. The molecule has 5 fully saturated rings. The first kappa shape index (κ1) is 11.7. The summed E-state index contributed by atoms with van der Waals surface area (Å²) in [6, 6.07) is 0. The Morgan fingerprint density at radius 3 is 2.17 bits per heavy atom. The van der Waals surface area contributed by atoms with Crippen LogP contribution in [0.4, 0.5) is 0 Å². The van der Waals surface area contributed by atoms with Crippen molar-refractivity contribution in [2.45, 2.75) is 50.5 Å². The Labute approximate surface area is 111 Å². The average Bonchev–Trinajstić information content (AvgIpc) is 2.71. The lowest BCUT2D eigenvalue weighted by atomic mass is 9.53. The molecule has 1 atom stereocenters. The van der Waals surface area contributed by atoms with Gasteiger partial charge in [-0.15, -0.1) is 0 Å². The standard InChI is InChI=1S/C16H28N2/c1-18-3-2-12(11-18)10-17-16-7-13-4-14(8-16)6-15(5-13)9-16/h12-15,17H,2-11H2,1H3. The molecular weight excluding hydrogens is 220 g/mol. The maximum atomic E-state index is 4.06. The fourth-order valence-corrected chi connectivity index (χ4v) is 5.88. The average molecular weight is 248 g/mol. The Hall–Kier alpha value is -0.0800. The molecule has 2 heteroatoms. The minimum atomic E-state index is 0.579. The monoisotopic (exact) mass is 248 g/mol. The molecule has 2 nitrogen and oxygen atoms in total. The van der Waals surface area contributed by atoms with Crippen molar-refractivity contribution in [3.63, 3.8) is 0 Å². The SMILES string of the molecule is CN1CCC(CNC23CC4CC(CC(C4)C2)C3)C1. The summed E-state index contributed by atoms with van der Waals surface area (Å²) in [4.78, 5) is 2.49. The second kappa shape index (κ2) is 4.21. The fourth-order valence-electron chi connectivity index (χ4n) is 5.88. The molecule has 5 aliphatic rings. The van der Waals surface area contributed by atoms with E-state index in [2.05, 4.69) is 17.3 Å². The summed E-state index contributed by atoms with van der Waals surface area (Å²) in [6.45, 7) is 3.92. The van der Waals surface area contributed by atoms with Gasteiger partial charge in [0.15, 0.2) is 0 Å². The molecule has 18 heavy (non-hydrogen) atoms. The van der Waals surface area contributed by atoms with E-state index in [9.17, 15) is 0 Å². The van der Waals surface area contributed by atoms with E-state index in [-0.39, 0.29) is 0 Å². The van der Waals surface area contributed by atoms with Crippen molar-refractivity contribution >= 4 is 0 Å². The lowest BCUT2D eigenvalue weighted by Crippen LogP contribution is -2.59. The van der Waals surface area contributed by atoms with Crippen LogP contribution in [0.1, 0.15) is 44.9 Å². The van der Waals surface area contributed by atoms with Crippen molar-refractivity contribution in [1.29, 1.82) is 0 Å². The first-order chi connectivity index (χ1) is 8.71. The first-order valence-corrected chi connectivity index (χ1v) is 8.14. The highest BCUT2D eigenvalue weighted by Crippen LogP contribution is 2.55. The van der Waals surface area contributed by atoms with Crippen LogP contribution in [0.15, 0.2) is 0 Å². The number of hydrogen-bond acceptors (Lipinski definition) is 2. The van der Waals surface area contributed by atoms with Crippen LogP contribution < -0.4 is 5.32 Å². The van der Waals surface area contributed by atoms with Crippen LogP contribution in [0.3, 0.4) is 0 Å². The molecule has 0 aromatic rings. The van der Waals surface area contributed by atoms with Crippen molar-refractivity contribution < 1.29 is 0 Å². The molecule has 0 aromatic heterocycles. The van der Waals surface area contributed by atoms with E-state index in [1.165, 1.54) is 45.3 Å². The molecule has 0 amide bonds. The Morgan fingerprint density at radius 2 is 1.67 bits per heavy atom. The van der Waals surface area contributed by atoms with Gasteiger partial charge >= 0.3 is 0 Å². The molecule has 1 unspecified atom stereocenters. The first-order valence-electron chi connectivity index (χ1n) is 8.14. The van der Waals surface area contributed by atoms with Crippen LogP contribution >= 0.6 is 0 Å². The van der Waals surface area contributed by atoms with Gasteiger partial charge < -0.3 is 10.2 Å². The number of nitrogens with zero attached hydrogens (tertiary/aromatic N) is 1. The van der Waals surface area contributed by atoms with E-state index in [4.69, 9.17) is 0 Å². The van der Waals surface area contributed by atoms with Gasteiger partial charge in [-0.3, -0.25) is 0 Å². The van der Waals surface area contributed by atoms with Crippen LogP contribution in [0, 0.1) is 23.7 Å². The van der Waals surface area contributed by atoms with Crippen molar-refractivity contribution in [2.24, 2.45) is 23.7 Å². The molecule has 1 saturated heterocycles. The Balaban J connectivity index is 1.39. The van der Waals surface area contributed by atoms with Gasteiger partial charge in [0.25, 0.3) is 0 Å². The Bertz CT molecular complexity index is 290. The van der Waals surface area contributed by atoms with Gasteiger partial charge in [0, 0.05) is 12.1 Å². The molecule has 0 radical (unpaired) electrons. The van der Waals surface area contributed by atoms with E-state index in [1.807, 2.05) is 0 Å². The molecule has 4 bridgehead atoms. The minimum Gasteiger partial charge on any atom is -0.311 e. The molecule has 0 spiro atoms. The summed E-state index contributed by atoms with van der Waals surface area (Å²) in [6.07, 6.45) is 10.6. The summed E-state index contributed by atoms with van der Waals surface area (Å²) in [5.41, 5.74) is 0.579. The van der Waals surface area contributed by atoms with Crippen LogP contribution in [-0.2, 0) is 0 Å². The molecular formula is C16H28N2. The summed E-state index contributed by atoms with van der Waals surface area (Å²) in [7, 11) is 2.27. The summed E-state index contributed by atoms with van der Waals surface area (Å²) < 4.78 is 0. The van der Waals surface area contributed by atoms with Crippen LogP contribution in [0.25, 0.3) is 0 Å². The lowest BCUT2D eigenvalue weighted by molar-refractivity contribution is -0.0211. The number of hydrogen-bond donors (Lipinski definition) is 1. The highest BCUT2D eigenvalue weighted by atomic mass is 15.1. The highest BCUT2D eigenvalue weighted by molar-refractivity contribution is 5.06. The fraction of sp³-hybridized carbons (Fsp3) is 1.00. The molecule has 4 saturated carbocycles. The zero-order valence-corrected chi connectivity index (χ0v) is 11.8. The van der Waals surface area contributed by atoms with E-state index in [0.29, 0.717) is 5.54 Å². The smallest absolute Gasteiger partial charge is 0.0189 e. The van der Waals surface area contributed by atoms with Gasteiger partial charge in [-0.1, -0.05) is 0 Å². The maximum Gasteiger partial charge on any atom is 0.0189 e. The molecule has 1 heterocycles. The van der Waals surface area contributed by atoms with E-state index >= 15 is 0 Å². The van der Waals surface area contributed by atoms with Crippen LogP contribution in [-0.4, -0.2) is 37.1 Å². The Morgan fingerprint density at radius 1 is 1.06 bits per heavy atom. The van der Waals surface area contributed by atoms with Crippen molar-refractivity contribution in [1.82, 2.24) is 10.2 Å². The van der Waals surface area contributed by atoms with Gasteiger partial charge in [-0.25, -0.2) is 0 Å². The van der Waals surface area contributed by atoms with Gasteiger partial charge in [0.1, 0.15) is 0 Å². The molecule has 1 aliphatic heterocycles. The topological polar surface area (TPSA) is 15.3 Å². The van der Waals surface area contributed by atoms with Crippen molar-refractivity contribution in [3.8, 4) is 0 Å². The predicted molar refractivity (Wildman–Crippen MR) is 74.5 cm³/mol. The maximum absolute atomic E-state index is 4.06. The van der Waals surface area contributed by atoms with Gasteiger partial charge in [0.05, 0.1) is 0 Å². The van der Waals surface area contributed by atoms with Gasteiger partial charge in [0.2, 0.25) is 0 Å². The lowest BCUT2D eigenvalue weighted by Gasteiger charge is -2.57. The molecule has 0 aromatic carbocycles. The van der Waals surface area contributed by atoms with Gasteiger partial charge in [-0.05, 0) is 88.8 Å². The van der Waals surface area contributed by atoms with Crippen LogP contribution in [0.5, 0.6) is 0 Å². The van der Waals surface area contributed by atoms with Crippen molar-refractivity contribution in [3.05, 3.63) is 0 Å². The quantitative estimate of drug-likeness (QED) is 0.825. The van der Waals surface area contributed by atoms with E-state index < -0.39 is 0 Å². The zero-order chi connectivity index (χ0) is 12.2. The summed E-state index contributed by atoms with van der Waals surface area (Å²) >= 11 is 0. The van der Waals surface area contributed by atoms with Gasteiger partial charge in [-0.2, -0.15) is 0 Å². The normalized spacial score (nSPS) is 51.2. The second-order valence-electron chi connectivity index (χ2n) is 8.00. The van der Waals surface area contributed by atoms with E-state index in [0.717, 1.165) is 23.7 Å². The largest absolute Gasteiger partial charge is 0.311 e. The molecule has 102 valence electrons. The number of likely N-dealkylation sites (tertiary alicyclic amines) is 1. The zero-order valence-electron chi connectivity index (χ0n) is 11.8. The van der Waals surface area contributed by atoms with Crippen LogP contribution in [0.2, 0.25) is 0 Å². The number of rotatable bonds is 3. The van der Waals surface area contributed by atoms with E-state index in [1.54, 1.807) is 19.3 Å². The third-order valence-corrected chi connectivity index (χ3v) is 6.29. The summed E-state index contributed by atoms with van der Waals surface area (Å²) in [5, 5.41) is 4.06. The van der Waals surface area contributed by atoms with Crippen molar-refractivity contribution in [2.75, 3.05) is 26.7 Å². The minimum absolute atomic E-state index is 0.579. The molecule has 1 N–H and O–H groups in total. The third kappa shape index (κ3) is 2.02. The predicted octanol–water partition coefficient (Wildman–Crippen LogP) is 2.50. The third-order valence-electron chi connectivity index (χ3n) is 6.29. The summed E-state index contributed by atoms with van der Waals surface area (Å²) in [5.74, 6) is 4.16. The Kier molecular flexibility index (Phi) is 2.74. The highest BCUT2D eigenvalue weighted by Gasteiger charge is 2.50. The molecule has 5 rings (SSSR count). The molecule has 4 aliphatic carbocycles.